The number of hydrogen-bond acceptors (Lipinski definition) is 2. The van der Waals surface area contributed by atoms with Crippen LogP contribution in [0.25, 0.3) is 16.7 Å². The minimum Gasteiger partial charge on any atom is -0.660 e. The minimum absolute atomic E-state index is 0.105. The van der Waals surface area contributed by atoms with Crippen molar-refractivity contribution >= 4 is 28.1 Å². The van der Waals surface area contributed by atoms with Crippen LogP contribution in [0.2, 0.25) is 0 Å². The van der Waals surface area contributed by atoms with Crippen molar-refractivity contribution in [3.05, 3.63) is 197 Å². The van der Waals surface area contributed by atoms with E-state index in [1.165, 1.54) is 0 Å². The second kappa shape index (κ2) is 12.7. The van der Waals surface area contributed by atoms with Crippen molar-refractivity contribution in [3.8, 4) is 0 Å². The molecular formula is C44H38N8+2. The summed E-state index contributed by atoms with van der Waals surface area (Å²) in [4.78, 5) is 21.6. The average Bonchev–Trinajstić information content (AvgIpc) is 3.99. The van der Waals surface area contributed by atoms with E-state index in [0.717, 1.165) is 78.2 Å². The van der Waals surface area contributed by atoms with Crippen LogP contribution in [0.1, 0.15) is 39.6 Å². The first-order valence-electron chi connectivity index (χ1n) is 17.5. The molecule has 252 valence electrons. The highest BCUT2D eigenvalue weighted by molar-refractivity contribution is 6.31. The second-order valence-electron chi connectivity index (χ2n) is 13.7. The van der Waals surface area contributed by atoms with Crippen molar-refractivity contribution in [2.24, 2.45) is 38.2 Å². The van der Waals surface area contributed by atoms with Crippen molar-refractivity contribution in [2.75, 3.05) is 0 Å². The van der Waals surface area contributed by atoms with Gasteiger partial charge in [-0.3, -0.25) is 4.99 Å². The van der Waals surface area contributed by atoms with Crippen molar-refractivity contribution < 1.29 is 18.3 Å². The molecule has 9 heterocycles. The lowest BCUT2D eigenvalue weighted by Crippen LogP contribution is -2.28. The summed E-state index contributed by atoms with van der Waals surface area (Å²) >= 11 is 0. The van der Waals surface area contributed by atoms with Crippen LogP contribution in [-0.2, 0) is 28.2 Å². The Morgan fingerprint density at radius 1 is 0.500 bits per heavy atom. The molecule has 6 aromatic heterocycles. The third-order valence-corrected chi connectivity index (χ3v) is 10.0. The molecule has 8 nitrogen and oxygen atoms in total. The Bertz CT molecular complexity index is 2630. The number of fused-ring (bicyclic) bond motifs is 6. The zero-order chi connectivity index (χ0) is 35.3. The summed E-state index contributed by atoms with van der Waals surface area (Å²) < 4.78 is 8.19. The summed E-state index contributed by atoms with van der Waals surface area (Å²) in [5.41, 5.74) is 11.7. The van der Waals surface area contributed by atoms with Gasteiger partial charge >= 0.3 is 0 Å². The SMILES string of the molecule is C[n+]1ccc(/C2=C3\C=CC(=N3)/C(c3cc[n+](C)cc3)=c3/cc/c([n-]3)=C(\c3cc[n+](C)cc3)C3=NC(C=C3)C(c3cc[n+](C)cc3)c3ccc2[n-]3)cc1. The number of hydrogen-bond donors (Lipinski definition) is 0. The number of pyridine rings is 4. The number of aliphatic imine (C=N–C) groups is 2. The van der Waals surface area contributed by atoms with E-state index in [-0.39, 0.29) is 12.0 Å². The maximum absolute atomic E-state index is 5.47. The largest absolute Gasteiger partial charge is 0.660 e. The molecule has 8 bridgehead atoms. The first kappa shape index (κ1) is 31.4. The van der Waals surface area contributed by atoms with Crippen LogP contribution in [0.4, 0.5) is 0 Å². The molecule has 6 aromatic rings. The Morgan fingerprint density at radius 3 is 1.60 bits per heavy atom. The van der Waals surface area contributed by atoms with Gasteiger partial charge in [-0.25, -0.2) is 23.3 Å². The smallest absolute Gasteiger partial charge is 0.169 e. The summed E-state index contributed by atoms with van der Waals surface area (Å²) in [6, 6.07) is 25.5. The number of rotatable bonds is 4. The minimum atomic E-state index is -0.169. The maximum atomic E-state index is 5.47. The van der Waals surface area contributed by atoms with Crippen LogP contribution in [0, 0.1) is 0 Å². The Morgan fingerprint density at radius 2 is 1.02 bits per heavy atom. The number of aryl methyl sites for hydroxylation is 4. The number of nitrogens with zero attached hydrogens (tertiary/aromatic N) is 8. The molecule has 9 rings (SSSR count). The Labute approximate surface area is 302 Å². The normalized spacial score (nSPS) is 21.4. The number of aromatic nitrogens is 6. The Hall–Kier alpha value is -6.54. The molecule has 0 spiro atoms. The van der Waals surface area contributed by atoms with E-state index in [1.807, 2.05) is 41.9 Å². The monoisotopic (exact) mass is 678 g/mol. The van der Waals surface area contributed by atoms with E-state index >= 15 is 0 Å². The first-order valence-corrected chi connectivity index (χ1v) is 17.5. The van der Waals surface area contributed by atoms with Crippen molar-refractivity contribution in [1.82, 2.24) is 9.97 Å². The van der Waals surface area contributed by atoms with Crippen LogP contribution in [0.5, 0.6) is 0 Å². The molecule has 8 heteroatoms. The van der Waals surface area contributed by atoms with Crippen LogP contribution in [0.3, 0.4) is 0 Å². The van der Waals surface area contributed by atoms with Gasteiger partial charge in [0.25, 0.3) is 0 Å². The van der Waals surface area contributed by atoms with Gasteiger partial charge in [0.1, 0.15) is 28.2 Å². The van der Waals surface area contributed by atoms with Crippen LogP contribution in [-0.4, -0.2) is 17.5 Å². The van der Waals surface area contributed by atoms with E-state index in [9.17, 15) is 0 Å². The van der Waals surface area contributed by atoms with Crippen LogP contribution >= 0.6 is 0 Å². The molecule has 3 aliphatic rings. The lowest BCUT2D eigenvalue weighted by molar-refractivity contribution is -0.671. The fourth-order valence-electron chi connectivity index (χ4n) is 7.29. The van der Waals surface area contributed by atoms with Gasteiger partial charge in [0.15, 0.2) is 49.6 Å². The highest BCUT2D eigenvalue weighted by Crippen LogP contribution is 2.36. The molecule has 0 aromatic carbocycles. The summed E-state index contributed by atoms with van der Waals surface area (Å²) in [6.07, 6.45) is 25.2. The standard InChI is InChI=1S/C44H38N8/c1-49-21-13-29(14-22-49)41-33-5-7-35(45-33)42(30-15-23-50(2)24-16-30)37-9-11-39(47-37)44(32-19-27-52(4)28-20-32)40-12-10-38(48-40)43(36-8-6-34(41)46-36)31-17-25-51(3)26-18-31/h5-28,33,41H,1-4H3/q+2. The molecule has 0 aliphatic carbocycles. The van der Waals surface area contributed by atoms with Crippen molar-refractivity contribution in [2.45, 2.75) is 12.0 Å². The van der Waals surface area contributed by atoms with E-state index in [2.05, 4.69) is 151 Å². The molecule has 0 radical (unpaired) electrons. The van der Waals surface area contributed by atoms with E-state index in [4.69, 9.17) is 20.0 Å². The number of allylic oxidation sites excluding steroid dienone is 3. The highest BCUT2D eigenvalue weighted by Gasteiger charge is 2.27. The van der Waals surface area contributed by atoms with Gasteiger partial charge in [-0.2, -0.15) is 0 Å². The fourth-order valence-corrected chi connectivity index (χ4v) is 7.29. The Kier molecular flexibility index (Phi) is 7.65. The molecule has 52 heavy (non-hydrogen) atoms. The van der Waals surface area contributed by atoms with Gasteiger partial charge < -0.3 is 9.97 Å². The highest BCUT2D eigenvalue weighted by atomic mass is 14.9. The molecule has 2 unspecified atom stereocenters. The van der Waals surface area contributed by atoms with Gasteiger partial charge in [0.2, 0.25) is 0 Å². The van der Waals surface area contributed by atoms with E-state index in [0.29, 0.717) is 0 Å². The van der Waals surface area contributed by atoms with Gasteiger partial charge in [-0.1, -0.05) is 30.3 Å². The molecular weight excluding hydrogens is 641 g/mol. The molecule has 0 N–H and O–H groups in total. The quantitative estimate of drug-likeness (QED) is 0.269. The molecule has 0 saturated heterocycles. The average molecular weight is 679 g/mol. The molecule has 3 aliphatic heterocycles. The maximum Gasteiger partial charge on any atom is 0.169 e. The third kappa shape index (κ3) is 5.68. The lowest BCUT2D eigenvalue weighted by atomic mass is 9.90. The van der Waals surface area contributed by atoms with Gasteiger partial charge in [-0.05, 0) is 57.2 Å². The summed E-state index contributed by atoms with van der Waals surface area (Å²) in [5.74, 6) is -0.105. The van der Waals surface area contributed by atoms with Gasteiger partial charge in [0.05, 0.1) is 23.2 Å². The summed E-state index contributed by atoms with van der Waals surface area (Å²) in [7, 11) is 8.13. The zero-order valence-corrected chi connectivity index (χ0v) is 29.6. The predicted molar refractivity (Wildman–Crippen MR) is 199 cm³/mol. The second-order valence-corrected chi connectivity index (χ2v) is 13.7. The molecule has 0 fully saturated rings. The summed E-state index contributed by atoms with van der Waals surface area (Å²) in [5, 5.41) is 1.72. The topological polar surface area (TPSA) is 68.4 Å². The van der Waals surface area contributed by atoms with Gasteiger partial charge in [0, 0.05) is 54.4 Å². The van der Waals surface area contributed by atoms with Gasteiger partial charge in [-0.15, -0.1) is 22.1 Å². The predicted octanol–water partition coefficient (Wildman–Crippen LogP) is 2.29. The fraction of sp³-hybridized carbons (Fsp3) is 0.136. The lowest BCUT2D eigenvalue weighted by Gasteiger charge is -2.26. The zero-order valence-electron chi connectivity index (χ0n) is 29.6. The van der Waals surface area contributed by atoms with Crippen LogP contribution in [0.15, 0.2) is 162 Å². The first-order chi connectivity index (χ1) is 25.4. The summed E-state index contributed by atoms with van der Waals surface area (Å²) in [6.45, 7) is 0. The van der Waals surface area contributed by atoms with E-state index in [1.54, 1.807) is 0 Å². The molecule has 2 atom stereocenters. The van der Waals surface area contributed by atoms with Crippen molar-refractivity contribution in [3.63, 3.8) is 0 Å². The molecule has 0 amide bonds. The van der Waals surface area contributed by atoms with E-state index < -0.39 is 0 Å². The Balaban J connectivity index is 1.37. The molecule has 0 saturated carbocycles. The van der Waals surface area contributed by atoms with Crippen LogP contribution < -0.4 is 38.9 Å². The third-order valence-electron chi connectivity index (χ3n) is 10.0. The van der Waals surface area contributed by atoms with Crippen molar-refractivity contribution in [1.29, 1.82) is 0 Å².